The standard InChI is InChI=1S/C19H28N8/c20-16-6-10-27(13-16)19-24-14-23-18(25-19)22-7-5-15-1-3-17(4-2-15)26-11-8-21-9-12-26/h1-4,14,16,21H,5-13,20H2,(H,22,23,24,25). The Hall–Kier alpha value is -2.45. The van der Waals surface area contributed by atoms with E-state index in [0.29, 0.717) is 11.9 Å². The lowest BCUT2D eigenvalue weighted by Gasteiger charge is -2.29. The van der Waals surface area contributed by atoms with E-state index in [-0.39, 0.29) is 6.04 Å². The Balaban J connectivity index is 1.28. The summed E-state index contributed by atoms with van der Waals surface area (Å²) in [6.07, 6.45) is 3.48. The first-order chi connectivity index (χ1) is 13.3. The normalized spacial score (nSPS) is 20.1. The van der Waals surface area contributed by atoms with Gasteiger partial charge < -0.3 is 26.2 Å². The molecule has 4 rings (SSSR count). The van der Waals surface area contributed by atoms with Gasteiger partial charge in [-0.2, -0.15) is 4.98 Å². The lowest BCUT2D eigenvalue weighted by atomic mass is 10.1. The predicted octanol–water partition coefficient (Wildman–Crippen LogP) is 0.473. The molecule has 0 radical (unpaired) electrons. The average Bonchev–Trinajstić information content (AvgIpc) is 3.16. The minimum Gasteiger partial charge on any atom is -0.369 e. The topological polar surface area (TPSA) is 95.2 Å². The Kier molecular flexibility index (Phi) is 5.64. The number of hydrogen-bond donors (Lipinski definition) is 3. The molecule has 2 aliphatic heterocycles. The first-order valence-electron chi connectivity index (χ1n) is 9.76. The first-order valence-corrected chi connectivity index (χ1v) is 9.76. The summed E-state index contributed by atoms with van der Waals surface area (Å²) in [4.78, 5) is 17.6. The van der Waals surface area contributed by atoms with Crippen LogP contribution in [0.5, 0.6) is 0 Å². The lowest BCUT2D eigenvalue weighted by Crippen LogP contribution is -2.43. The fourth-order valence-electron chi connectivity index (χ4n) is 3.61. The number of nitrogens with two attached hydrogens (primary N) is 1. The van der Waals surface area contributed by atoms with Gasteiger partial charge in [0.25, 0.3) is 0 Å². The monoisotopic (exact) mass is 368 g/mol. The molecule has 1 aromatic carbocycles. The van der Waals surface area contributed by atoms with Gasteiger partial charge in [0.2, 0.25) is 11.9 Å². The van der Waals surface area contributed by atoms with Crippen LogP contribution >= 0.6 is 0 Å². The summed E-state index contributed by atoms with van der Waals surface area (Å²) < 4.78 is 0. The highest BCUT2D eigenvalue weighted by Gasteiger charge is 2.21. The molecule has 8 nitrogen and oxygen atoms in total. The van der Waals surface area contributed by atoms with E-state index in [1.165, 1.54) is 11.3 Å². The Bertz CT molecular complexity index is 729. The van der Waals surface area contributed by atoms with Gasteiger partial charge in [-0.25, -0.2) is 9.97 Å². The summed E-state index contributed by atoms with van der Waals surface area (Å²) in [6.45, 7) is 6.77. The minimum atomic E-state index is 0.211. The van der Waals surface area contributed by atoms with Gasteiger partial charge in [-0.3, -0.25) is 0 Å². The molecule has 2 saturated heterocycles. The van der Waals surface area contributed by atoms with Gasteiger partial charge in [-0.15, -0.1) is 0 Å². The maximum Gasteiger partial charge on any atom is 0.230 e. The smallest absolute Gasteiger partial charge is 0.230 e. The third-order valence-electron chi connectivity index (χ3n) is 5.18. The van der Waals surface area contributed by atoms with Crippen LogP contribution in [0.2, 0.25) is 0 Å². The summed E-state index contributed by atoms with van der Waals surface area (Å²) in [7, 11) is 0. The van der Waals surface area contributed by atoms with Crippen molar-refractivity contribution >= 4 is 17.6 Å². The molecule has 8 heteroatoms. The van der Waals surface area contributed by atoms with Crippen molar-refractivity contribution in [2.75, 3.05) is 60.9 Å². The van der Waals surface area contributed by atoms with Crippen LogP contribution in [0.1, 0.15) is 12.0 Å². The maximum absolute atomic E-state index is 5.97. The molecule has 2 aliphatic rings. The van der Waals surface area contributed by atoms with Gasteiger partial charge in [0.05, 0.1) is 0 Å². The SMILES string of the molecule is NC1CCN(c2ncnc(NCCc3ccc(N4CCNCC4)cc3)n2)C1. The van der Waals surface area contributed by atoms with Gasteiger partial charge in [-0.1, -0.05) is 12.1 Å². The third kappa shape index (κ3) is 4.64. The van der Waals surface area contributed by atoms with Crippen molar-refractivity contribution in [1.82, 2.24) is 20.3 Å². The van der Waals surface area contributed by atoms with Crippen LogP contribution in [-0.2, 0) is 6.42 Å². The zero-order valence-electron chi connectivity index (χ0n) is 15.6. The molecule has 144 valence electrons. The van der Waals surface area contributed by atoms with Crippen molar-refractivity contribution in [2.45, 2.75) is 18.9 Å². The van der Waals surface area contributed by atoms with Crippen molar-refractivity contribution in [1.29, 1.82) is 0 Å². The highest BCUT2D eigenvalue weighted by molar-refractivity contribution is 5.48. The zero-order valence-corrected chi connectivity index (χ0v) is 15.6. The summed E-state index contributed by atoms with van der Waals surface area (Å²) in [5.41, 5.74) is 8.58. The average molecular weight is 368 g/mol. The molecule has 2 aromatic rings. The van der Waals surface area contributed by atoms with Crippen LogP contribution in [0.15, 0.2) is 30.6 Å². The second-order valence-electron chi connectivity index (χ2n) is 7.18. The fraction of sp³-hybridized carbons (Fsp3) is 0.526. The van der Waals surface area contributed by atoms with Crippen LogP contribution in [0, 0.1) is 0 Å². The molecule has 0 saturated carbocycles. The predicted molar refractivity (Wildman–Crippen MR) is 108 cm³/mol. The van der Waals surface area contributed by atoms with Crippen LogP contribution in [0.4, 0.5) is 17.6 Å². The van der Waals surface area contributed by atoms with Crippen molar-refractivity contribution in [3.63, 3.8) is 0 Å². The van der Waals surface area contributed by atoms with E-state index in [1.807, 2.05) is 0 Å². The first kappa shape index (κ1) is 17.9. The van der Waals surface area contributed by atoms with Crippen molar-refractivity contribution in [3.05, 3.63) is 36.2 Å². The fourth-order valence-corrected chi connectivity index (χ4v) is 3.61. The molecule has 2 fully saturated rings. The summed E-state index contributed by atoms with van der Waals surface area (Å²) in [5, 5.41) is 6.70. The second kappa shape index (κ2) is 8.49. The van der Waals surface area contributed by atoms with E-state index in [1.54, 1.807) is 6.33 Å². The molecular weight excluding hydrogens is 340 g/mol. The molecule has 3 heterocycles. The molecule has 1 aromatic heterocycles. The van der Waals surface area contributed by atoms with Crippen LogP contribution < -0.4 is 26.2 Å². The number of hydrogen-bond acceptors (Lipinski definition) is 8. The summed E-state index contributed by atoms with van der Waals surface area (Å²) in [5.74, 6) is 1.33. The van der Waals surface area contributed by atoms with E-state index in [4.69, 9.17) is 5.73 Å². The van der Waals surface area contributed by atoms with E-state index in [2.05, 4.69) is 59.7 Å². The number of piperazine rings is 1. The summed E-state index contributed by atoms with van der Waals surface area (Å²) in [6, 6.07) is 9.08. The van der Waals surface area contributed by atoms with Crippen molar-refractivity contribution in [3.8, 4) is 0 Å². The van der Waals surface area contributed by atoms with E-state index < -0.39 is 0 Å². The van der Waals surface area contributed by atoms with E-state index in [9.17, 15) is 0 Å². The van der Waals surface area contributed by atoms with Gasteiger partial charge in [0, 0.05) is 57.5 Å². The Morgan fingerprint density at radius 1 is 1.07 bits per heavy atom. The number of nitrogens with one attached hydrogen (secondary N) is 2. The number of rotatable bonds is 6. The Labute approximate surface area is 160 Å². The molecule has 1 atom stereocenters. The van der Waals surface area contributed by atoms with Gasteiger partial charge >= 0.3 is 0 Å². The minimum absolute atomic E-state index is 0.211. The Morgan fingerprint density at radius 3 is 2.63 bits per heavy atom. The van der Waals surface area contributed by atoms with Gasteiger partial charge in [-0.05, 0) is 30.5 Å². The van der Waals surface area contributed by atoms with Crippen molar-refractivity contribution < 1.29 is 0 Å². The quantitative estimate of drug-likeness (QED) is 0.677. The van der Waals surface area contributed by atoms with E-state index >= 15 is 0 Å². The molecule has 4 N–H and O–H groups in total. The molecule has 0 spiro atoms. The lowest BCUT2D eigenvalue weighted by molar-refractivity contribution is 0.589. The molecule has 27 heavy (non-hydrogen) atoms. The van der Waals surface area contributed by atoms with Crippen LogP contribution in [-0.4, -0.2) is 66.8 Å². The number of anilines is 3. The molecule has 0 aliphatic carbocycles. The van der Waals surface area contributed by atoms with Crippen molar-refractivity contribution in [2.24, 2.45) is 5.73 Å². The van der Waals surface area contributed by atoms with Gasteiger partial charge in [0.15, 0.2) is 0 Å². The largest absolute Gasteiger partial charge is 0.369 e. The zero-order chi connectivity index (χ0) is 18.5. The van der Waals surface area contributed by atoms with Gasteiger partial charge in [0.1, 0.15) is 6.33 Å². The summed E-state index contributed by atoms with van der Waals surface area (Å²) >= 11 is 0. The molecule has 1 unspecified atom stereocenters. The highest BCUT2D eigenvalue weighted by Crippen LogP contribution is 2.17. The molecular formula is C19H28N8. The van der Waals surface area contributed by atoms with Crippen LogP contribution in [0.3, 0.4) is 0 Å². The maximum atomic E-state index is 5.97. The van der Waals surface area contributed by atoms with Crippen LogP contribution in [0.25, 0.3) is 0 Å². The highest BCUT2D eigenvalue weighted by atomic mass is 15.3. The number of nitrogens with zero attached hydrogens (tertiary/aromatic N) is 5. The third-order valence-corrected chi connectivity index (χ3v) is 5.18. The Morgan fingerprint density at radius 2 is 1.89 bits per heavy atom. The second-order valence-corrected chi connectivity index (χ2v) is 7.18. The molecule has 0 bridgehead atoms. The number of benzene rings is 1. The molecule has 0 amide bonds. The number of aromatic nitrogens is 3. The van der Waals surface area contributed by atoms with E-state index in [0.717, 1.165) is 58.7 Å².